The summed E-state index contributed by atoms with van der Waals surface area (Å²) in [5.41, 5.74) is 3.77. The summed E-state index contributed by atoms with van der Waals surface area (Å²) in [6, 6.07) is 13.6. The highest BCUT2D eigenvalue weighted by Crippen LogP contribution is 2.27. The van der Waals surface area contributed by atoms with Crippen LogP contribution in [0.4, 0.5) is 5.69 Å². The predicted octanol–water partition coefficient (Wildman–Crippen LogP) is 4.14. The lowest BCUT2D eigenvalue weighted by Crippen LogP contribution is -2.18. The van der Waals surface area contributed by atoms with Crippen molar-refractivity contribution in [1.29, 1.82) is 0 Å². The number of nitrogens with one attached hydrogen (secondary N) is 1. The largest absolute Gasteiger partial charge is 0.448 e. The maximum absolute atomic E-state index is 12.9. The third-order valence-corrected chi connectivity index (χ3v) is 4.78. The lowest BCUT2D eigenvalue weighted by atomic mass is 10.2. The Bertz CT molecular complexity index is 1100. The molecule has 0 fully saturated rings. The van der Waals surface area contributed by atoms with Crippen LogP contribution in [0.5, 0.6) is 0 Å². The van der Waals surface area contributed by atoms with Crippen LogP contribution in [-0.2, 0) is 17.8 Å². The van der Waals surface area contributed by atoms with Gasteiger partial charge in [-0.2, -0.15) is 5.10 Å². The van der Waals surface area contributed by atoms with Gasteiger partial charge in [-0.15, -0.1) is 0 Å². The molecule has 1 N–H and O–H groups in total. The van der Waals surface area contributed by atoms with E-state index in [2.05, 4.69) is 26.3 Å². The van der Waals surface area contributed by atoms with Gasteiger partial charge in [0.15, 0.2) is 10.3 Å². The van der Waals surface area contributed by atoms with Gasteiger partial charge in [-0.1, -0.05) is 30.3 Å². The van der Waals surface area contributed by atoms with Crippen LogP contribution >= 0.6 is 15.9 Å². The highest BCUT2D eigenvalue weighted by Gasteiger charge is 2.19. The molecule has 0 bridgehead atoms. The molecule has 4 rings (SSSR count). The average Bonchev–Trinajstić information content (AvgIpc) is 3.35. The number of fused-ring (bicyclic) bond motifs is 1. The van der Waals surface area contributed by atoms with E-state index in [1.807, 2.05) is 47.2 Å². The van der Waals surface area contributed by atoms with E-state index in [0.29, 0.717) is 41.3 Å². The third-order valence-electron chi connectivity index (χ3n) is 4.39. The lowest BCUT2D eigenvalue weighted by molar-refractivity contribution is 0.101. The van der Waals surface area contributed by atoms with E-state index in [1.165, 1.54) is 0 Å². The zero-order valence-corrected chi connectivity index (χ0v) is 16.8. The molecule has 0 aliphatic rings. The lowest BCUT2D eigenvalue weighted by Gasteiger charge is -2.09. The summed E-state index contributed by atoms with van der Waals surface area (Å²) in [6.07, 6.45) is 3.46. The number of ether oxygens (including phenoxy) is 1. The summed E-state index contributed by atoms with van der Waals surface area (Å²) < 4.78 is 15.1. The molecule has 1 amide bonds. The van der Waals surface area contributed by atoms with E-state index in [9.17, 15) is 4.79 Å². The molecule has 0 saturated carbocycles. The molecular formula is C20H19BrN4O3. The standard InChI is InChI=1S/C20H19BrN4O3/c1-27-8-7-25-16-10-19(21)28-18(16)9-17(25)20(26)23-15-11-22-24(13-15)12-14-5-3-2-4-6-14/h2-6,9-11,13H,7-8,12H2,1H3,(H,23,26). The maximum Gasteiger partial charge on any atom is 0.272 e. The van der Waals surface area contributed by atoms with E-state index in [-0.39, 0.29) is 5.91 Å². The summed E-state index contributed by atoms with van der Waals surface area (Å²) in [7, 11) is 1.63. The molecule has 1 aromatic carbocycles. The van der Waals surface area contributed by atoms with Crippen molar-refractivity contribution in [3.8, 4) is 0 Å². The first-order valence-electron chi connectivity index (χ1n) is 8.79. The van der Waals surface area contributed by atoms with Crippen LogP contribution in [0.15, 0.2) is 63.9 Å². The number of furan rings is 1. The second-order valence-electron chi connectivity index (χ2n) is 6.34. The number of aromatic nitrogens is 3. The zero-order valence-electron chi connectivity index (χ0n) is 15.3. The number of hydrogen-bond acceptors (Lipinski definition) is 4. The number of hydrogen-bond donors (Lipinski definition) is 1. The van der Waals surface area contributed by atoms with Gasteiger partial charge >= 0.3 is 0 Å². The van der Waals surface area contributed by atoms with E-state index in [0.717, 1.165) is 11.1 Å². The predicted molar refractivity (Wildman–Crippen MR) is 110 cm³/mol. The number of nitrogens with zero attached hydrogens (tertiary/aromatic N) is 3. The van der Waals surface area contributed by atoms with Crippen molar-refractivity contribution in [2.45, 2.75) is 13.1 Å². The molecule has 0 unspecified atom stereocenters. The first-order valence-corrected chi connectivity index (χ1v) is 9.58. The molecule has 0 atom stereocenters. The molecule has 8 heteroatoms. The summed E-state index contributed by atoms with van der Waals surface area (Å²) in [5, 5.41) is 7.23. The Balaban J connectivity index is 1.53. The normalized spacial score (nSPS) is 11.2. The third kappa shape index (κ3) is 3.88. The van der Waals surface area contributed by atoms with Gasteiger partial charge in [0.1, 0.15) is 5.69 Å². The average molecular weight is 443 g/mol. The van der Waals surface area contributed by atoms with Gasteiger partial charge in [0.25, 0.3) is 5.91 Å². The monoisotopic (exact) mass is 442 g/mol. The fraction of sp³-hybridized carbons (Fsp3) is 0.200. The number of rotatable bonds is 7. The van der Waals surface area contributed by atoms with Crippen molar-refractivity contribution in [2.24, 2.45) is 0 Å². The van der Waals surface area contributed by atoms with Gasteiger partial charge in [-0.25, -0.2) is 0 Å². The van der Waals surface area contributed by atoms with Crippen LogP contribution in [-0.4, -0.2) is 34.0 Å². The summed E-state index contributed by atoms with van der Waals surface area (Å²) >= 11 is 3.33. The van der Waals surface area contributed by atoms with Gasteiger partial charge in [0.05, 0.1) is 30.6 Å². The minimum Gasteiger partial charge on any atom is -0.448 e. The molecule has 4 aromatic rings. The van der Waals surface area contributed by atoms with E-state index in [1.54, 1.807) is 24.1 Å². The maximum atomic E-state index is 12.9. The fourth-order valence-corrected chi connectivity index (χ4v) is 3.49. The molecule has 0 aliphatic heterocycles. The second-order valence-corrected chi connectivity index (χ2v) is 7.12. The van der Waals surface area contributed by atoms with Crippen molar-refractivity contribution in [2.75, 3.05) is 19.0 Å². The first kappa shape index (κ1) is 18.5. The number of halogens is 1. The van der Waals surface area contributed by atoms with Crippen molar-refractivity contribution in [3.63, 3.8) is 0 Å². The van der Waals surface area contributed by atoms with Crippen molar-refractivity contribution in [1.82, 2.24) is 14.3 Å². The van der Waals surface area contributed by atoms with Gasteiger partial charge in [-0.3, -0.25) is 9.48 Å². The topological polar surface area (TPSA) is 74.2 Å². The van der Waals surface area contributed by atoms with Crippen LogP contribution in [0.25, 0.3) is 11.1 Å². The fourth-order valence-electron chi connectivity index (χ4n) is 3.10. The minimum atomic E-state index is -0.224. The molecule has 3 heterocycles. The molecule has 3 aromatic heterocycles. The summed E-state index contributed by atoms with van der Waals surface area (Å²) in [6.45, 7) is 1.67. The first-order chi connectivity index (χ1) is 13.6. The Hall–Kier alpha value is -2.84. The van der Waals surface area contributed by atoms with Crippen LogP contribution in [0, 0.1) is 0 Å². The molecular weight excluding hydrogens is 424 g/mol. The van der Waals surface area contributed by atoms with E-state index >= 15 is 0 Å². The van der Waals surface area contributed by atoms with Gasteiger partial charge in [0, 0.05) is 32.0 Å². The SMILES string of the molecule is COCCn1c(C(=O)Nc2cnn(Cc3ccccc3)c2)cc2oc(Br)cc21. The van der Waals surface area contributed by atoms with Crippen molar-refractivity contribution >= 4 is 38.6 Å². The minimum absolute atomic E-state index is 0.224. The van der Waals surface area contributed by atoms with Crippen LogP contribution < -0.4 is 5.32 Å². The molecule has 0 radical (unpaired) electrons. The van der Waals surface area contributed by atoms with E-state index in [4.69, 9.17) is 9.15 Å². The number of carbonyl (C=O) groups excluding carboxylic acids is 1. The van der Waals surface area contributed by atoms with Crippen LogP contribution in [0.1, 0.15) is 16.1 Å². The molecule has 0 aliphatic carbocycles. The molecule has 28 heavy (non-hydrogen) atoms. The van der Waals surface area contributed by atoms with Gasteiger partial charge < -0.3 is 19.0 Å². The quantitative estimate of drug-likeness (QED) is 0.466. The Morgan fingerprint density at radius 1 is 1.29 bits per heavy atom. The highest BCUT2D eigenvalue weighted by atomic mass is 79.9. The van der Waals surface area contributed by atoms with Gasteiger partial charge in [-0.05, 0) is 21.5 Å². The smallest absolute Gasteiger partial charge is 0.272 e. The number of anilines is 1. The Morgan fingerprint density at radius 3 is 2.89 bits per heavy atom. The van der Waals surface area contributed by atoms with Crippen LogP contribution in [0.2, 0.25) is 0 Å². The Kier molecular flexibility index (Phi) is 5.31. The van der Waals surface area contributed by atoms with E-state index < -0.39 is 0 Å². The van der Waals surface area contributed by atoms with Crippen molar-refractivity contribution < 1.29 is 13.9 Å². The van der Waals surface area contributed by atoms with Crippen molar-refractivity contribution in [3.05, 3.63) is 70.8 Å². The zero-order chi connectivity index (χ0) is 19.5. The molecule has 7 nitrogen and oxygen atoms in total. The molecule has 144 valence electrons. The summed E-state index contributed by atoms with van der Waals surface area (Å²) in [5.74, 6) is -0.224. The second kappa shape index (κ2) is 8.04. The molecule has 0 spiro atoms. The molecule has 0 saturated heterocycles. The number of carbonyl (C=O) groups is 1. The number of benzene rings is 1. The Morgan fingerprint density at radius 2 is 2.11 bits per heavy atom. The summed E-state index contributed by atoms with van der Waals surface area (Å²) in [4.78, 5) is 12.9. The van der Waals surface area contributed by atoms with Crippen LogP contribution in [0.3, 0.4) is 0 Å². The Labute approximate surface area is 170 Å². The highest BCUT2D eigenvalue weighted by molar-refractivity contribution is 9.10. The van der Waals surface area contributed by atoms with Gasteiger partial charge in [0.2, 0.25) is 0 Å². The number of methoxy groups -OCH3 is 1. The number of amides is 1.